The second-order valence-corrected chi connectivity index (χ2v) is 6.45. The summed E-state index contributed by atoms with van der Waals surface area (Å²) in [6, 6.07) is 11.9. The number of aromatic nitrogens is 2. The number of anilines is 1. The summed E-state index contributed by atoms with van der Waals surface area (Å²) in [6.45, 7) is 0. The molecule has 1 aromatic heterocycles. The summed E-state index contributed by atoms with van der Waals surface area (Å²) < 4.78 is 9.27. The van der Waals surface area contributed by atoms with E-state index in [-0.39, 0.29) is 0 Å². The molecule has 0 aliphatic rings. The lowest BCUT2D eigenvalue weighted by Crippen LogP contribution is -2.01. The van der Waals surface area contributed by atoms with Crippen molar-refractivity contribution in [3.63, 3.8) is 0 Å². The Kier molecular flexibility index (Phi) is 3.59. The fraction of sp³-hybridized carbons (Fsp3) is 0.0714. The molecule has 3 aromatic rings. The lowest BCUT2D eigenvalue weighted by molar-refractivity contribution is 0.414. The molecule has 102 valence electrons. The van der Waals surface area contributed by atoms with Crippen LogP contribution in [-0.4, -0.2) is 16.7 Å². The van der Waals surface area contributed by atoms with Gasteiger partial charge < -0.3 is 10.5 Å². The van der Waals surface area contributed by atoms with E-state index in [0.717, 1.165) is 30.5 Å². The van der Waals surface area contributed by atoms with Gasteiger partial charge in [-0.2, -0.15) is 0 Å². The monoisotopic (exact) mass is 443 g/mol. The highest BCUT2D eigenvalue weighted by Crippen LogP contribution is 2.29. The number of nitrogens with two attached hydrogens (primary N) is 1. The predicted molar refractivity (Wildman–Crippen MR) is 92.5 cm³/mol. The lowest BCUT2D eigenvalue weighted by atomic mass is 10.2. The Morgan fingerprint density at radius 2 is 2.05 bits per heavy atom. The average molecular weight is 444 g/mol. The highest BCUT2D eigenvalue weighted by Gasteiger charge is 2.11. The second kappa shape index (κ2) is 5.25. The summed E-state index contributed by atoms with van der Waals surface area (Å²) in [7, 11) is 1.64. The molecule has 0 aliphatic carbocycles. The Hall–Kier alpha value is -1.28. The van der Waals surface area contributed by atoms with E-state index in [1.54, 1.807) is 7.11 Å². The normalized spacial score (nSPS) is 10.9. The van der Waals surface area contributed by atoms with E-state index in [1.165, 1.54) is 0 Å². The molecular formula is C14H11BrIN3O. The van der Waals surface area contributed by atoms with Gasteiger partial charge in [0.25, 0.3) is 0 Å². The molecule has 2 N–H and O–H groups in total. The summed E-state index contributed by atoms with van der Waals surface area (Å²) in [4.78, 5) is 4.42. The van der Waals surface area contributed by atoms with Crippen LogP contribution in [-0.2, 0) is 0 Å². The van der Waals surface area contributed by atoms with E-state index >= 15 is 0 Å². The van der Waals surface area contributed by atoms with Crippen molar-refractivity contribution in [2.24, 2.45) is 0 Å². The van der Waals surface area contributed by atoms with E-state index in [2.05, 4.69) is 43.5 Å². The molecule has 0 unspecified atom stereocenters. The van der Waals surface area contributed by atoms with Gasteiger partial charge in [-0.15, -0.1) is 0 Å². The number of halogens is 2. The molecule has 6 heteroatoms. The van der Waals surface area contributed by atoms with Crippen LogP contribution in [0.15, 0.2) is 40.9 Å². The number of benzene rings is 2. The van der Waals surface area contributed by atoms with Crippen molar-refractivity contribution in [3.8, 4) is 11.4 Å². The summed E-state index contributed by atoms with van der Waals surface area (Å²) in [5.41, 5.74) is 8.84. The predicted octanol–water partition coefficient (Wildman–Crippen LogP) is 3.98. The van der Waals surface area contributed by atoms with Crippen LogP contribution < -0.4 is 10.5 Å². The van der Waals surface area contributed by atoms with E-state index in [1.807, 2.05) is 41.0 Å². The van der Waals surface area contributed by atoms with Crippen LogP contribution in [0.25, 0.3) is 16.7 Å². The van der Waals surface area contributed by atoms with Gasteiger partial charge in [0.1, 0.15) is 5.75 Å². The maximum atomic E-state index is 6.07. The van der Waals surface area contributed by atoms with Gasteiger partial charge in [-0.1, -0.05) is 15.9 Å². The third-order valence-corrected chi connectivity index (χ3v) is 4.12. The van der Waals surface area contributed by atoms with Gasteiger partial charge >= 0.3 is 0 Å². The fourth-order valence-corrected chi connectivity index (χ4v) is 3.07. The minimum absolute atomic E-state index is 0.460. The molecule has 0 radical (unpaired) electrons. The molecule has 0 saturated carbocycles. The Morgan fingerprint density at radius 1 is 1.25 bits per heavy atom. The van der Waals surface area contributed by atoms with Crippen LogP contribution >= 0.6 is 38.5 Å². The number of ether oxygens (including phenoxy) is 1. The zero-order valence-electron chi connectivity index (χ0n) is 10.6. The van der Waals surface area contributed by atoms with Gasteiger partial charge in [0.15, 0.2) is 0 Å². The van der Waals surface area contributed by atoms with E-state index in [9.17, 15) is 0 Å². The van der Waals surface area contributed by atoms with Crippen LogP contribution in [0.4, 0.5) is 5.95 Å². The number of imidazole rings is 1. The number of methoxy groups -OCH3 is 1. The molecule has 0 amide bonds. The Morgan fingerprint density at radius 3 is 2.80 bits per heavy atom. The van der Waals surface area contributed by atoms with E-state index in [4.69, 9.17) is 10.5 Å². The largest absolute Gasteiger partial charge is 0.497 e. The number of rotatable bonds is 2. The highest BCUT2D eigenvalue weighted by atomic mass is 127. The molecule has 0 fully saturated rings. The third-order valence-electron chi connectivity index (χ3n) is 2.99. The molecule has 4 nitrogen and oxygen atoms in total. The van der Waals surface area contributed by atoms with Crippen molar-refractivity contribution in [3.05, 3.63) is 44.4 Å². The average Bonchev–Trinajstić information content (AvgIpc) is 2.72. The van der Waals surface area contributed by atoms with Gasteiger partial charge in [-0.3, -0.25) is 4.57 Å². The second-order valence-electron chi connectivity index (χ2n) is 4.29. The number of nitrogens with zero attached hydrogens (tertiary/aromatic N) is 2. The number of hydrogen-bond donors (Lipinski definition) is 1. The smallest absolute Gasteiger partial charge is 0.205 e. The number of nitrogen functional groups attached to an aromatic ring is 1. The quantitative estimate of drug-likeness (QED) is 0.609. The molecule has 0 atom stereocenters. The van der Waals surface area contributed by atoms with E-state index < -0.39 is 0 Å². The van der Waals surface area contributed by atoms with E-state index in [0.29, 0.717) is 5.95 Å². The van der Waals surface area contributed by atoms with Crippen LogP contribution in [0.1, 0.15) is 0 Å². The number of hydrogen-bond acceptors (Lipinski definition) is 3. The van der Waals surface area contributed by atoms with Gasteiger partial charge in [0, 0.05) is 14.1 Å². The Balaban J connectivity index is 2.29. The molecule has 0 spiro atoms. The topological polar surface area (TPSA) is 53.1 Å². The zero-order valence-corrected chi connectivity index (χ0v) is 14.3. The summed E-state index contributed by atoms with van der Waals surface area (Å²) in [5, 5.41) is 0. The van der Waals surface area contributed by atoms with Gasteiger partial charge in [-0.25, -0.2) is 4.98 Å². The van der Waals surface area contributed by atoms with Crippen LogP contribution in [0.2, 0.25) is 0 Å². The van der Waals surface area contributed by atoms with Crippen molar-refractivity contribution >= 4 is 55.5 Å². The maximum absolute atomic E-state index is 6.07. The molecule has 3 rings (SSSR count). The molecule has 0 saturated heterocycles. The van der Waals surface area contributed by atoms with Crippen molar-refractivity contribution in [2.75, 3.05) is 12.8 Å². The Labute approximate surface area is 138 Å². The first-order valence-electron chi connectivity index (χ1n) is 5.87. The molecule has 0 aliphatic heterocycles. The minimum atomic E-state index is 0.460. The third kappa shape index (κ3) is 2.37. The van der Waals surface area contributed by atoms with Crippen LogP contribution in [0.5, 0.6) is 5.75 Å². The van der Waals surface area contributed by atoms with Gasteiger partial charge in [0.2, 0.25) is 5.95 Å². The van der Waals surface area contributed by atoms with Gasteiger partial charge in [-0.05, 0) is 52.9 Å². The fourth-order valence-electron chi connectivity index (χ4n) is 2.14. The highest BCUT2D eigenvalue weighted by molar-refractivity contribution is 14.1. The molecule has 0 bridgehead atoms. The molecule has 2 aromatic carbocycles. The first-order valence-corrected chi connectivity index (χ1v) is 7.74. The zero-order chi connectivity index (χ0) is 14.3. The Bertz CT molecular complexity index is 800. The van der Waals surface area contributed by atoms with Crippen LogP contribution in [0, 0.1) is 3.57 Å². The van der Waals surface area contributed by atoms with Crippen molar-refractivity contribution in [1.29, 1.82) is 0 Å². The van der Waals surface area contributed by atoms with Crippen molar-refractivity contribution < 1.29 is 4.74 Å². The molecule has 1 heterocycles. The molecular weight excluding hydrogens is 433 g/mol. The minimum Gasteiger partial charge on any atom is -0.497 e. The SMILES string of the molecule is COc1cc(Br)cc(-n2c(N)nc3cc(I)ccc32)c1. The van der Waals surface area contributed by atoms with Crippen molar-refractivity contribution in [2.45, 2.75) is 0 Å². The first kappa shape index (κ1) is 13.7. The first-order chi connectivity index (χ1) is 9.58. The van der Waals surface area contributed by atoms with Crippen molar-refractivity contribution in [1.82, 2.24) is 9.55 Å². The lowest BCUT2D eigenvalue weighted by Gasteiger charge is -2.09. The molecule has 20 heavy (non-hydrogen) atoms. The summed E-state index contributed by atoms with van der Waals surface area (Å²) >= 11 is 5.75. The van der Waals surface area contributed by atoms with Gasteiger partial charge in [0.05, 0.1) is 23.8 Å². The standard InChI is InChI=1S/C14H11BrIN3O/c1-20-11-5-8(15)4-10(7-11)19-13-3-2-9(16)6-12(13)18-14(19)17/h2-7H,1H3,(H2,17,18). The maximum Gasteiger partial charge on any atom is 0.205 e. The van der Waals surface area contributed by atoms with Crippen LogP contribution in [0.3, 0.4) is 0 Å². The summed E-state index contributed by atoms with van der Waals surface area (Å²) in [5.74, 6) is 1.23. The number of fused-ring (bicyclic) bond motifs is 1. The summed E-state index contributed by atoms with van der Waals surface area (Å²) in [6.07, 6.45) is 0.